The summed E-state index contributed by atoms with van der Waals surface area (Å²) in [6.45, 7) is 1.85. The molecule has 2 aromatic carbocycles. The van der Waals surface area contributed by atoms with Gasteiger partial charge < -0.3 is 4.90 Å². The van der Waals surface area contributed by atoms with E-state index in [9.17, 15) is 14.4 Å². The molecule has 0 aromatic heterocycles. The smallest absolute Gasteiger partial charge is 0.257 e. The second-order valence-corrected chi connectivity index (χ2v) is 6.07. The van der Waals surface area contributed by atoms with Crippen molar-refractivity contribution in [3.8, 4) is 0 Å². The van der Waals surface area contributed by atoms with Crippen molar-refractivity contribution < 1.29 is 14.4 Å². The second kappa shape index (κ2) is 7.30. The standard InChI is InChI=1S/C20H20N2O3/c1-15(23)21(13-12-16-8-4-2-5-9-16)18-14-19(24)22(20(18)25)17-10-6-3-7-11-17/h2-11,18H,12-14H2,1H3. The normalized spacial score (nSPS) is 17.0. The second-order valence-electron chi connectivity index (χ2n) is 6.07. The van der Waals surface area contributed by atoms with Crippen LogP contribution in [0, 0.1) is 0 Å². The number of nitrogens with zero attached hydrogens (tertiary/aromatic N) is 2. The van der Waals surface area contributed by atoms with Crippen LogP contribution in [0.4, 0.5) is 5.69 Å². The first kappa shape index (κ1) is 16.9. The molecule has 1 saturated heterocycles. The summed E-state index contributed by atoms with van der Waals surface area (Å²) in [4.78, 5) is 39.9. The molecule has 1 atom stereocenters. The molecule has 0 N–H and O–H groups in total. The predicted molar refractivity (Wildman–Crippen MR) is 94.9 cm³/mol. The number of hydrogen-bond donors (Lipinski definition) is 0. The summed E-state index contributed by atoms with van der Waals surface area (Å²) in [7, 11) is 0. The third kappa shape index (κ3) is 3.60. The topological polar surface area (TPSA) is 57.7 Å². The van der Waals surface area contributed by atoms with Gasteiger partial charge >= 0.3 is 0 Å². The number of para-hydroxylation sites is 1. The van der Waals surface area contributed by atoms with Crippen LogP contribution in [-0.4, -0.2) is 35.2 Å². The number of carbonyl (C=O) groups excluding carboxylic acids is 3. The summed E-state index contributed by atoms with van der Waals surface area (Å²) in [5.74, 6) is -0.802. The van der Waals surface area contributed by atoms with E-state index in [2.05, 4.69) is 0 Å². The SMILES string of the molecule is CC(=O)N(CCc1ccccc1)C1CC(=O)N(c2ccccc2)C1=O. The van der Waals surface area contributed by atoms with E-state index < -0.39 is 6.04 Å². The highest BCUT2D eigenvalue weighted by Crippen LogP contribution is 2.25. The van der Waals surface area contributed by atoms with Crippen molar-refractivity contribution >= 4 is 23.4 Å². The number of amides is 3. The summed E-state index contributed by atoms with van der Waals surface area (Å²) in [6.07, 6.45) is 0.672. The zero-order chi connectivity index (χ0) is 17.8. The predicted octanol–water partition coefficient (Wildman–Crippen LogP) is 2.41. The van der Waals surface area contributed by atoms with Gasteiger partial charge in [-0.3, -0.25) is 14.4 Å². The Bertz CT molecular complexity index is 774. The fourth-order valence-corrected chi connectivity index (χ4v) is 3.13. The van der Waals surface area contributed by atoms with E-state index in [1.165, 1.54) is 16.7 Å². The van der Waals surface area contributed by atoms with Crippen LogP contribution < -0.4 is 4.90 Å². The molecule has 0 aliphatic carbocycles. The first-order chi connectivity index (χ1) is 12.1. The monoisotopic (exact) mass is 336 g/mol. The zero-order valence-electron chi connectivity index (χ0n) is 14.1. The number of imide groups is 1. The fraction of sp³-hybridized carbons (Fsp3) is 0.250. The highest BCUT2D eigenvalue weighted by Gasteiger charge is 2.43. The van der Waals surface area contributed by atoms with E-state index in [0.29, 0.717) is 18.7 Å². The Kier molecular flexibility index (Phi) is 4.93. The van der Waals surface area contributed by atoms with Crippen LogP contribution in [0.5, 0.6) is 0 Å². The maximum atomic E-state index is 12.8. The summed E-state index contributed by atoms with van der Waals surface area (Å²) in [6, 6.07) is 17.9. The molecule has 5 nitrogen and oxygen atoms in total. The van der Waals surface area contributed by atoms with E-state index in [0.717, 1.165) is 5.56 Å². The number of carbonyl (C=O) groups is 3. The summed E-state index contributed by atoms with van der Waals surface area (Å²) in [5.41, 5.74) is 1.64. The molecule has 25 heavy (non-hydrogen) atoms. The van der Waals surface area contributed by atoms with Gasteiger partial charge in [-0.25, -0.2) is 4.90 Å². The quantitative estimate of drug-likeness (QED) is 0.788. The summed E-state index contributed by atoms with van der Waals surface area (Å²) >= 11 is 0. The molecule has 0 bridgehead atoms. The Hall–Kier alpha value is -2.95. The van der Waals surface area contributed by atoms with Gasteiger partial charge in [-0.2, -0.15) is 0 Å². The van der Waals surface area contributed by atoms with Gasteiger partial charge in [0, 0.05) is 13.5 Å². The highest BCUT2D eigenvalue weighted by atomic mass is 16.2. The minimum Gasteiger partial charge on any atom is -0.330 e. The molecule has 1 aliphatic heterocycles. The van der Waals surface area contributed by atoms with E-state index in [1.54, 1.807) is 24.3 Å². The molecule has 1 unspecified atom stereocenters. The molecule has 5 heteroatoms. The molecule has 2 aromatic rings. The van der Waals surface area contributed by atoms with Crippen LogP contribution in [0.15, 0.2) is 60.7 Å². The summed E-state index contributed by atoms with van der Waals surface area (Å²) < 4.78 is 0. The van der Waals surface area contributed by atoms with Gasteiger partial charge in [-0.1, -0.05) is 48.5 Å². The van der Waals surface area contributed by atoms with Gasteiger partial charge in [0.05, 0.1) is 12.1 Å². The van der Waals surface area contributed by atoms with Crippen LogP contribution in [0.1, 0.15) is 18.9 Å². The number of rotatable bonds is 5. The molecule has 128 valence electrons. The first-order valence-corrected chi connectivity index (χ1v) is 8.31. The number of anilines is 1. The first-order valence-electron chi connectivity index (χ1n) is 8.31. The van der Waals surface area contributed by atoms with Crippen molar-refractivity contribution in [1.82, 2.24) is 4.90 Å². The zero-order valence-corrected chi connectivity index (χ0v) is 14.1. The van der Waals surface area contributed by atoms with Crippen molar-refractivity contribution in [2.75, 3.05) is 11.4 Å². The van der Waals surface area contributed by atoms with Crippen LogP contribution in [0.25, 0.3) is 0 Å². The van der Waals surface area contributed by atoms with Crippen molar-refractivity contribution in [2.24, 2.45) is 0 Å². The van der Waals surface area contributed by atoms with Crippen LogP contribution in [0.2, 0.25) is 0 Å². The molecular weight excluding hydrogens is 316 g/mol. The van der Waals surface area contributed by atoms with Gasteiger partial charge in [-0.15, -0.1) is 0 Å². The molecule has 1 heterocycles. The van der Waals surface area contributed by atoms with Crippen molar-refractivity contribution in [3.05, 3.63) is 66.2 Å². The Labute approximate surface area is 146 Å². The van der Waals surface area contributed by atoms with Gasteiger partial charge in [0.2, 0.25) is 11.8 Å². The minimum absolute atomic E-state index is 0.0299. The maximum Gasteiger partial charge on any atom is 0.257 e. The van der Waals surface area contributed by atoms with Crippen LogP contribution >= 0.6 is 0 Å². The van der Waals surface area contributed by atoms with Crippen molar-refractivity contribution in [3.63, 3.8) is 0 Å². The lowest BCUT2D eigenvalue weighted by Crippen LogP contribution is -2.45. The van der Waals surface area contributed by atoms with Gasteiger partial charge in [0.25, 0.3) is 5.91 Å². The molecule has 0 spiro atoms. The number of benzene rings is 2. The van der Waals surface area contributed by atoms with E-state index in [-0.39, 0.29) is 24.1 Å². The molecule has 0 radical (unpaired) electrons. The lowest BCUT2D eigenvalue weighted by atomic mass is 10.1. The largest absolute Gasteiger partial charge is 0.330 e. The van der Waals surface area contributed by atoms with E-state index >= 15 is 0 Å². The van der Waals surface area contributed by atoms with Gasteiger partial charge in [-0.05, 0) is 24.1 Å². The Morgan fingerprint density at radius 2 is 1.64 bits per heavy atom. The Balaban J connectivity index is 1.77. The third-order valence-corrected chi connectivity index (χ3v) is 4.40. The van der Waals surface area contributed by atoms with Crippen LogP contribution in [-0.2, 0) is 20.8 Å². The van der Waals surface area contributed by atoms with Crippen molar-refractivity contribution in [2.45, 2.75) is 25.8 Å². The highest BCUT2D eigenvalue weighted by molar-refractivity contribution is 6.22. The average molecular weight is 336 g/mol. The van der Waals surface area contributed by atoms with Crippen molar-refractivity contribution in [1.29, 1.82) is 0 Å². The third-order valence-electron chi connectivity index (χ3n) is 4.40. The fourth-order valence-electron chi connectivity index (χ4n) is 3.13. The van der Waals surface area contributed by atoms with E-state index in [4.69, 9.17) is 0 Å². The maximum absolute atomic E-state index is 12.8. The molecular formula is C20H20N2O3. The van der Waals surface area contributed by atoms with Crippen LogP contribution in [0.3, 0.4) is 0 Å². The van der Waals surface area contributed by atoms with Gasteiger partial charge in [0.1, 0.15) is 6.04 Å². The Morgan fingerprint density at radius 1 is 1.04 bits per heavy atom. The van der Waals surface area contributed by atoms with Gasteiger partial charge in [0.15, 0.2) is 0 Å². The molecule has 1 fully saturated rings. The lowest BCUT2D eigenvalue weighted by Gasteiger charge is -2.26. The lowest BCUT2D eigenvalue weighted by molar-refractivity contribution is -0.136. The average Bonchev–Trinajstić information content (AvgIpc) is 2.91. The Morgan fingerprint density at radius 3 is 2.24 bits per heavy atom. The molecule has 0 saturated carbocycles. The molecule has 3 rings (SSSR count). The molecule has 3 amide bonds. The van der Waals surface area contributed by atoms with E-state index in [1.807, 2.05) is 36.4 Å². The minimum atomic E-state index is -0.728. The summed E-state index contributed by atoms with van der Waals surface area (Å²) in [5, 5.41) is 0. The molecule has 1 aliphatic rings. The number of hydrogen-bond acceptors (Lipinski definition) is 3.